The molecular formula is C34H48N2O3. The van der Waals surface area contributed by atoms with Crippen molar-refractivity contribution in [1.82, 2.24) is 5.32 Å². The number of hydrogen-bond donors (Lipinski definition) is 1. The number of fused-ring (bicyclic) bond motifs is 9. The van der Waals surface area contributed by atoms with Crippen molar-refractivity contribution in [2.75, 3.05) is 6.54 Å². The molecule has 0 aromatic heterocycles. The summed E-state index contributed by atoms with van der Waals surface area (Å²) in [6, 6.07) is 2.26. The van der Waals surface area contributed by atoms with Crippen LogP contribution in [0.1, 0.15) is 100 Å². The predicted molar refractivity (Wildman–Crippen MR) is 151 cm³/mol. The third-order valence-corrected chi connectivity index (χ3v) is 13.4. The van der Waals surface area contributed by atoms with Crippen molar-refractivity contribution in [1.29, 1.82) is 5.26 Å². The van der Waals surface area contributed by atoms with Gasteiger partial charge in [-0.25, -0.2) is 0 Å². The number of ketones is 1. The van der Waals surface area contributed by atoms with Crippen molar-refractivity contribution in [3.63, 3.8) is 0 Å². The average molecular weight is 533 g/mol. The van der Waals surface area contributed by atoms with E-state index >= 15 is 0 Å². The molecule has 0 spiro atoms. The fourth-order valence-electron chi connectivity index (χ4n) is 11.1. The molecule has 6 rings (SSSR count). The van der Waals surface area contributed by atoms with Gasteiger partial charge in [-0.1, -0.05) is 66.2 Å². The zero-order valence-corrected chi connectivity index (χ0v) is 25.4. The molecule has 3 saturated carbocycles. The molecule has 0 radical (unpaired) electrons. The van der Waals surface area contributed by atoms with Gasteiger partial charge in [0, 0.05) is 17.4 Å². The van der Waals surface area contributed by atoms with Gasteiger partial charge in [0.2, 0.25) is 5.91 Å². The van der Waals surface area contributed by atoms with E-state index in [-0.39, 0.29) is 62.8 Å². The minimum absolute atomic E-state index is 0.0104. The molecule has 212 valence electrons. The summed E-state index contributed by atoms with van der Waals surface area (Å²) in [6.45, 7) is 18.9. The van der Waals surface area contributed by atoms with Crippen LogP contribution in [0.5, 0.6) is 0 Å². The Kier molecular flexibility index (Phi) is 5.65. The van der Waals surface area contributed by atoms with Gasteiger partial charge in [0.05, 0.1) is 17.1 Å². The normalized spacial score (nSPS) is 48.8. The third kappa shape index (κ3) is 3.33. The topological polar surface area (TPSA) is 82.5 Å². The van der Waals surface area contributed by atoms with E-state index in [1.165, 1.54) is 5.57 Å². The van der Waals surface area contributed by atoms with E-state index in [9.17, 15) is 14.9 Å². The molecule has 1 aliphatic heterocycles. The quantitative estimate of drug-likeness (QED) is 0.323. The number of nitriles is 1. The van der Waals surface area contributed by atoms with Crippen LogP contribution in [-0.4, -0.2) is 30.4 Å². The lowest BCUT2D eigenvalue weighted by Crippen LogP contribution is -2.64. The number of hydrogen-bond acceptors (Lipinski definition) is 4. The number of nitrogens with one attached hydrogen (secondary N) is 1. The first-order chi connectivity index (χ1) is 18.1. The number of carbonyl (C=O) groups excluding carboxylic acids is 2. The third-order valence-electron chi connectivity index (χ3n) is 13.4. The van der Waals surface area contributed by atoms with Crippen LogP contribution < -0.4 is 5.32 Å². The fraction of sp³-hybridized carbons (Fsp3) is 0.794. The number of ether oxygens (including phenoxy) is 1. The highest BCUT2D eigenvalue weighted by Crippen LogP contribution is 2.75. The second kappa shape index (κ2) is 8.09. The summed E-state index contributed by atoms with van der Waals surface area (Å²) < 4.78 is 6.58. The highest BCUT2D eigenvalue weighted by molar-refractivity contribution is 6.04. The van der Waals surface area contributed by atoms with Crippen molar-refractivity contribution in [3.05, 3.63) is 23.3 Å². The van der Waals surface area contributed by atoms with Crippen LogP contribution in [0, 0.1) is 61.6 Å². The summed E-state index contributed by atoms with van der Waals surface area (Å²) in [6.07, 6.45) is 11.7. The first-order valence-corrected chi connectivity index (χ1v) is 15.5. The van der Waals surface area contributed by atoms with E-state index in [0.717, 1.165) is 44.9 Å². The summed E-state index contributed by atoms with van der Waals surface area (Å²) >= 11 is 0. The molecule has 9 atom stereocenters. The highest BCUT2D eigenvalue weighted by Gasteiger charge is 2.73. The van der Waals surface area contributed by atoms with Crippen LogP contribution in [0.3, 0.4) is 0 Å². The lowest BCUT2D eigenvalue weighted by Gasteiger charge is -2.67. The maximum Gasteiger partial charge on any atom is 0.226 e. The molecule has 1 N–H and O–H groups in total. The van der Waals surface area contributed by atoms with E-state index in [1.54, 1.807) is 0 Å². The minimum atomic E-state index is -0.583. The Bertz CT molecular complexity index is 1240. The molecule has 4 fully saturated rings. The zero-order chi connectivity index (χ0) is 28.4. The van der Waals surface area contributed by atoms with Crippen molar-refractivity contribution in [2.24, 2.45) is 50.2 Å². The fourth-order valence-corrected chi connectivity index (χ4v) is 11.1. The number of epoxide rings is 1. The van der Waals surface area contributed by atoms with Crippen molar-refractivity contribution in [3.8, 4) is 6.07 Å². The van der Waals surface area contributed by atoms with Crippen LogP contribution in [0.25, 0.3) is 0 Å². The van der Waals surface area contributed by atoms with Crippen LogP contribution in [0.4, 0.5) is 0 Å². The Balaban J connectivity index is 1.51. The van der Waals surface area contributed by atoms with Gasteiger partial charge in [-0.3, -0.25) is 9.59 Å². The number of carbonyl (C=O) groups is 2. The second-order valence-corrected chi connectivity index (χ2v) is 16.0. The molecule has 1 saturated heterocycles. The lowest BCUT2D eigenvalue weighted by atomic mass is 9.36. The molecule has 1 heterocycles. The molecule has 0 bridgehead atoms. The number of Topliss-reactive ketones (excluding diaryl/α,β-unsaturated/α-hetero) is 1. The maximum atomic E-state index is 13.9. The van der Waals surface area contributed by atoms with Crippen molar-refractivity contribution >= 4 is 11.7 Å². The smallest absolute Gasteiger partial charge is 0.226 e. The number of amides is 1. The molecule has 1 amide bonds. The van der Waals surface area contributed by atoms with E-state index in [4.69, 9.17) is 4.74 Å². The van der Waals surface area contributed by atoms with Gasteiger partial charge >= 0.3 is 0 Å². The van der Waals surface area contributed by atoms with Gasteiger partial charge in [-0.15, -0.1) is 0 Å². The van der Waals surface area contributed by atoms with Crippen molar-refractivity contribution < 1.29 is 14.3 Å². The summed E-state index contributed by atoms with van der Waals surface area (Å²) in [4.78, 5) is 27.2. The Morgan fingerprint density at radius 2 is 1.77 bits per heavy atom. The second-order valence-electron chi connectivity index (χ2n) is 16.0. The lowest BCUT2D eigenvalue weighted by molar-refractivity contribution is -0.174. The molecule has 0 aromatic carbocycles. The largest absolute Gasteiger partial charge is 0.365 e. The van der Waals surface area contributed by atoms with Gasteiger partial charge in [0.25, 0.3) is 0 Å². The summed E-state index contributed by atoms with van der Waals surface area (Å²) in [5.74, 6) is 0.986. The van der Waals surface area contributed by atoms with Crippen molar-refractivity contribution in [2.45, 2.75) is 113 Å². The van der Waals surface area contributed by atoms with Crippen LogP contribution in [0.2, 0.25) is 0 Å². The molecular weight excluding hydrogens is 484 g/mol. The van der Waals surface area contributed by atoms with Gasteiger partial charge in [0.15, 0.2) is 5.78 Å². The molecule has 0 aromatic rings. The van der Waals surface area contributed by atoms with Crippen LogP contribution >= 0.6 is 0 Å². The van der Waals surface area contributed by atoms with E-state index in [1.807, 2.05) is 13.0 Å². The Morgan fingerprint density at radius 3 is 2.44 bits per heavy atom. The van der Waals surface area contributed by atoms with Crippen LogP contribution in [-0.2, 0) is 14.3 Å². The number of rotatable bonds is 2. The molecule has 39 heavy (non-hydrogen) atoms. The number of nitrogens with zero attached hydrogens (tertiary/aromatic N) is 1. The average Bonchev–Trinajstić information content (AvgIpc) is 3.62. The predicted octanol–water partition coefficient (Wildman–Crippen LogP) is 6.54. The molecule has 5 aliphatic carbocycles. The Morgan fingerprint density at radius 1 is 1.08 bits per heavy atom. The summed E-state index contributed by atoms with van der Waals surface area (Å²) in [7, 11) is 0. The number of allylic oxidation sites excluding steroid dienone is 3. The van der Waals surface area contributed by atoms with E-state index in [2.05, 4.69) is 65.9 Å². The van der Waals surface area contributed by atoms with Gasteiger partial charge in [-0.2, -0.15) is 5.26 Å². The zero-order valence-electron chi connectivity index (χ0n) is 25.4. The van der Waals surface area contributed by atoms with Gasteiger partial charge in [0.1, 0.15) is 12.2 Å². The summed E-state index contributed by atoms with van der Waals surface area (Å²) in [5.41, 5.74) is 0.500. The Hall–Kier alpha value is -1.93. The highest BCUT2D eigenvalue weighted by atomic mass is 16.6. The molecule has 5 heteroatoms. The van der Waals surface area contributed by atoms with Gasteiger partial charge < -0.3 is 10.1 Å². The minimum Gasteiger partial charge on any atom is -0.365 e. The van der Waals surface area contributed by atoms with Gasteiger partial charge in [-0.05, 0) is 85.9 Å². The van der Waals surface area contributed by atoms with Crippen LogP contribution in [0.15, 0.2) is 23.3 Å². The standard InChI is InChI=1S/C34H48N2O3/c1-9-36-28(38)34-14-12-29(2,3)18-21(34)25-26-22(39-26)16-24-31(6)17-20(19-35)27(37)30(4,5)23(31)10-11-32(24,7)33(25,8)13-15-34/h16-17,21-23,25-26H,9-15,18H2,1-8H3,(H,36,38). The molecule has 6 aliphatic rings. The first kappa shape index (κ1) is 27.3. The first-order valence-electron chi connectivity index (χ1n) is 15.5. The van der Waals surface area contributed by atoms with E-state index in [0.29, 0.717) is 18.0 Å². The molecule has 9 unspecified atom stereocenters. The maximum absolute atomic E-state index is 13.9. The molecule has 5 nitrogen and oxygen atoms in total. The summed E-state index contributed by atoms with van der Waals surface area (Å²) in [5, 5.41) is 13.2. The van der Waals surface area contributed by atoms with E-state index < -0.39 is 5.41 Å². The monoisotopic (exact) mass is 532 g/mol. The Labute approximate surface area is 235 Å². The SMILES string of the molecule is CCNC(=O)C12CCC(C)(C)CC1C1C3OC3C=C3C4(C)C=C(C#N)C(=O)C(C)(C)C4CCC3(C)C1(C)CC2.